The first-order valence-electron chi connectivity index (χ1n) is 7.62. The molecule has 0 aliphatic carbocycles. The van der Waals surface area contributed by atoms with Crippen molar-refractivity contribution in [3.63, 3.8) is 0 Å². The van der Waals surface area contributed by atoms with Gasteiger partial charge in [-0.1, -0.05) is 19.1 Å². The maximum Gasteiger partial charge on any atom is 0.308 e. The van der Waals surface area contributed by atoms with E-state index in [0.29, 0.717) is 0 Å². The highest BCUT2D eigenvalue weighted by molar-refractivity contribution is 7.89. The van der Waals surface area contributed by atoms with Crippen LogP contribution in [0.2, 0.25) is 0 Å². The molecule has 0 spiro atoms. The van der Waals surface area contributed by atoms with Crippen molar-refractivity contribution in [3.05, 3.63) is 29.8 Å². The summed E-state index contributed by atoms with van der Waals surface area (Å²) in [6.07, 6.45) is -0.103. The summed E-state index contributed by atoms with van der Waals surface area (Å²) in [6, 6.07) is 5.62. The summed E-state index contributed by atoms with van der Waals surface area (Å²) in [7, 11) is -2.38. The third-order valence-electron chi connectivity index (χ3n) is 3.58. The molecule has 1 aromatic carbocycles. The molecule has 25 heavy (non-hydrogen) atoms. The molecule has 0 fully saturated rings. The zero-order valence-electron chi connectivity index (χ0n) is 14.4. The molecular formula is C16H22N2O6S. The Morgan fingerprint density at radius 1 is 1.28 bits per heavy atom. The number of carboxylic acid groups (broad SMARTS) is 1. The van der Waals surface area contributed by atoms with Gasteiger partial charge in [0.05, 0.1) is 10.8 Å². The van der Waals surface area contributed by atoms with E-state index in [1.165, 1.54) is 50.1 Å². The van der Waals surface area contributed by atoms with E-state index in [-0.39, 0.29) is 41.7 Å². The van der Waals surface area contributed by atoms with Crippen LogP contribution in [0.15, 0.2) is 29.2 Å². The number of carbonyl (C=O) groups is 3. The van der Waals surface area contributed by atoms with E-state index in [1.807, 2.05) is 0 Å². The first-order valence-corrected chi connectivity index (χ1v) is 9.10. The number of hydrogen-bond donors (Lipinski definition) is 2. The Labute approximate surface area is 146 Å². The van der Waals surface area contributed by atoms with Gasteiger partial charge in [-0.25, -0.2) is 13.1 Å². The molecule has 0 heterocycles. The number of nitrogens with one attached hydrogen (secondary N) is 1. The Kier molecular flexibility index (Phi) is 7.25. The Balaban J connectivity index is 2.62. The lowest BCUT2D eigenvalue weighted by molar-refractivity contribution is -0.142. The van der Waals surface area contributed by atoms with Gasteiger partial charge in [0.25, 0.3) is 0 Å². The highest BCUT2D eigenvalue weighted by Gasteiger charge is 2.19. The molecule has 1 aromatic rings. The molecule has 0 aliphatic rings. The number of rotatable bonds is 9. The predicted octanol–water partition coefficient (Wildman–Crippen LogP) is 0.737. The summed E-state index contributed by atoms with van der Waals surface area (Å²) in [5, 5.41) is 8.83. The standard InChI is InChI=1S/C16H22N2O6S/c1-11(16(21)22)10-18(3)15(20)7-8-17-25(23,24)14-6-4-5-13(9-14)12(2)19/h4-6,9,11,17H,7-8,10H2,1-3H3,(H,21,22). The summed E-state index contributed by atoms with van der Waals surface area (Å²) in [4.78, 5) is 35.2. The Morgan fingerprint density at radius 3 is 2.48 bits per heavy atom. The molecule has 1 amide bonds. The summed E-state index contributed by atoms with van der Waals surface area (Å²) in [6.45, 7) is 2.74. The minimum atomic E-state index is -3.84. The second kappa shape index (κ2) is 8.72. The first-order chi connectivity index (χ1) is 11.5. The Bertz CT molecular complexity index is 760. The number of carbonyl (C=O) groups excluding carboxylic acids is 2. The van der Waals surface area contributed by atoms with E-state index >= 15 is 0 Å². The lowest BCUT2D eigenvalue weighted by Crippen LogP contribution is -2.36. The molecule has 138 valence electrons. The largest absolute Gasteiger partial charge is 0.481 e. The average Bonchev–Trinajstić information content (AvgIpc) is 2.54. The van der Waals surface area contributed by atoms with Gasteiger partial charge in [0, 0.05) is 32.1 Å². The number of nitrogens with zero attached hydrogens (tertiary/aromatic N) is 1. The van der Waals surface area contributed by atoms with Gasteiger partial charge in [0.15, 0.2) is 5.78 Å². The minimum Gasteiger partial charge on any atom is -0.481 e. The maximum atomic E-state index is 12.2. The number of carboxylic acids is 1. The number of hydrogen-bond acceptors (Lipinski definition) is 5. The number of amides is 1. The molecule has 0 radical (unpaired) electrons. The summed E-state index contributed by atoms with van der Waals surface area (Å²) < 4.78 is 26.7. The zero-order valence-corrected chi connectivity index (χ0v) is 15.2. The highest BCUT2D eigenvalue weighted by Crippen LogP contribution is 2.12. The van der Waals surface area contributed by atoms with E-state index in [1.54, 1.807) is 0 Å². The van der Waals surface area contributed by atoms with Crippen molar-refractivity contribution in [2.24, 2.45) is 5.92 Å². The van der Waals surface area contributed by atoms with Crippen molar-refractivity contribution in [2.75, 3.05) is 20.1 Å². The molecule has 0 saturated carbocycles. The number of benzene rings is 1. The van der Waals surface area contributed by atoms with Crippen LogP contribution < -0.4 is 4.72 Å². The van der Waals surface area contributed by atoms with Crippen LogP contribution in [0.3, 0.4) is 0 Å². The third-order valence-corrected chi connectivity index (χ3v) is 5.04. The van der Waals surface area contributed by atoms with Crippen molar-refractivity contribution in [1.82, 2.24) is 9.62 Å². The van der Waals surface area contributed by atoms with Crippen molar-refractivity contribution in [2.45, 2.75) is 25.2 Å². The fourth-order valence-electron chi connectivity index (χ4n) is 2.04. The number of ketones is 1. The normalized spacial score (nSPS) is 12.4. The van der Waals surface area contributed by atoms with Crippen LogP contribution in [0.25, 0.3) is 0 Å². The van der Waals surface area contributed by atoms with Gasteiger partial charge in [0.2, 0.25) is 15.9 Å². The van der Waals surface area contributed by atoms with Crippen LogP contribution in [-0.4, -0.2) is 56.2 Å². The van der Waals surface area contributed by atoms with E-state index < -0.39 is 21.9 Å². The fourth-order valence-corrected chi connectivity index (χ4v) is 3.12. The van der Waals surface area contributed by atoms with Crippen LogP contribution in [0.4, 0.5) is 0 Å². The first kappa shape index (κ1) is 20.8. The second-order valence-corrected chi connectivity index (χ2v) is 7.51. The fraction of sp³-hybridized carbons (Fsp3) is 0.438. The van der Waals surface area contributed by atoms with Gasteiger partial charge in [-0.3, -0.25) is 14.4 Å². The van der Waals surface area contributed by atoms with Crippen LogP contribution in [0.5, 0.6) is 0 Å². The average molecular weight is 370 g/mol. The monoisotopic (exact) mass is 370 g/mol. The zero-order chi connectivity index (χ0) is 19.2. The van der Waals surface area contributed by atoms with Crippen LogP contribution in [-0.2, 0) is 19.6 Å². The summed E-state index contributed by atoms with van der Waals surface area (Å²) in [5.41, 5.74) is 0.279. The van der Waals surface area contributed by atoms with E-state index in [9.17, 15) is 22.8 Å². The predicted molar refractivity (Wildman–Crippen MR) is 90.7 cm³/mol. The number of Topliss-reactive ketones (excluding diaryl/α,β-unsaturated/α-hetero) is 1. The molecule has 0 saturated heterocycles. The molecule has 0 aliphatic heterocycles. The van der Waals surface area contributed by atoms with E-state index in [0.717, 1.165) is 0 Å². The van der Waals surface area contributed by atoms with Crippen molar-refractivity contribution >= 4 is 27.7 Å². The molecule has 8 nitrogen and oxygen atoms in total. The van der Waals surface area contributed by atoms with Gasteiger partial charge in [-0.2, -0.15) is 0 Å². The van der Waals surface area contributed by atoms with Crippen LogP contribution in [0.1, 0.15) is 30.6 Å². The Hall–Kier alpha value is -2.26. The summed E-state index contributed by atoms with van der Waals surface area (Å²) >= 11 is 0. The third kappa shape index (κ3) is 6.28. The molecule has 1 atom stereocenters. The highest BCUT2D eigenvalue weighted by atomic mass is 32.2. The number of sulfonamides is 1. The number of aliphatic carboxylic acids is 1. The maximum absolute atomic E-state index is 12.2. The molecule has 1 unspecified atom stereocenters. The Morgan fingerprint density at radius 2 is 1.92 bits per heavy atom. The second-order valence-electron chi connectivity index (χ2n) is 5.75. The van der Waals surface area contributed by atoms with E-state index in [4.69, 9.17) is 5.11 Å². The SMILES string of the molecule is CC(=O)c1cccc(S(=O)(=O)NCCC(=O)N(C)CC(C)C(=O)O)c1. The summed E-state index contributed by atoms with van der Waals surface area (Å²) in [5.74, 6) is -2.33. The van der Waals surface area contributed by atoms with Gasteiger partial charge < -0.3 is 10.0 Å². The van der Waals surface area contributed by atoms with Gasteiger partial charge in [-0.15, -0.1) is 0 Å². The van der Waals surface area contributed by atoms with Gasteiger partial charge in [0.1, 0.15) is 0 Å². The van der Waals surface area contributed by atoms with Gasteiger partial charge in [-0.05, 0) is 19.1 Å². The quantitative estimate of drug-likeness (QED) is 0.618. The molecule has 0 bridgehead atoms. The lowest BCUT2D eigenvalue weighted by atomic mass is 10.2. The van der Waals surface area contributed by atoms with Crippen LogP contribution in [0, 0.1) is 5.92 Å². The topological polar surface area (TPSA) is 121 Å². The van der Waals surface area contributed by atoms with E-state index in [2.05, 4.69) is 4.72 Å². The van der Waals surface area contributed by atoms with Crippen molar-refractivity contribution in [3.8, 4) is 0 Å². The van der Waals surface area contributed by atoms with Gasteiger partial charge >= 0.3 is 5.97 Å². The molecule has 1 rings (SSSR count). The molecule has 9 heteroatoms. The van der Waals surface area contributed by atoms with Crippen LogP contribution >= 0.6 is 0 Å². The van der Waals surface area contributed by atoms with Crippen molar-refractivity contribution < 1.29 is 27.9 Å². The minimum absolute atomic E-state index is 0.0432. The molecule has 0 aromatic heterocycles. The molecule has 2 N–H and O–H groups in total. The lowest BCUT2D eigenvalue weighted by Gasteiger charge is -2.19. The molecular weight excluding hydrogens is 348 g/mol. The van der Waals surface area contributed by atoms with Crippen molar-refractivity contribution in [1.29, 1.82) is 0 Å². The smallest absolute Gasteiger partial charge is 0.308 e.